The van der Waals surface area contributed by atoms with Gasteiger partial charge in [-0.15, -0.1) is 0 Å². The highest BCUT2D eigenvalue weighted by Gasteiger charge is 2.34. The molecule has 0 aromatic rings. The van der Waals surface area contributed by atoms with Gasteiger partial charge >= 0.3 is 0 Å². The molecule has 0 aromatic heterocycles. The van der Waals surface area contributed by atoms with Crippen LogP contribution in [0.1, 0.15) is 32.6 Å². The Morgan fingerprint density at radius 2 is 2.19 bits per heavy atom. The molecule has 3 heteroatoms. The Labute approximate surface area is 98.9 Å². The van der Waals surface area contributed by atoms with Gasteiger partial charge in [-0.25, -0.2) is 0 Å². The topological polar surface area (TPSA) is 30.5 Å². The van der Waals surface area contributed by atoms with Crippen LogP contribution in [-0.2, 0) is 9.47 Å². The highest BCUT2D eigenvalue weighted by Crippen LogP contribution is 2.30. The molecule has 0 bridgehead atoms. The smallest absolute Gasteiger partial charge is 0.0666 e. The highest BCUT2D eigenvalue weighted by molar-refractivity contribution is 4.84. The summed E-state index contributed by atoms with van der Waals surface area (Å²) < 4.78 is 11.5. The van der Waals surface area contributed by atoms with Crippen molar-refractivity contribution in [2.24, 2.45) is 11.8 Å². The molecule has 0 amide bonds. The number of hydrogen-bond donors (Lipinski definition) is 1. The first kappa shape index (κ1) is 12.3. The summed E-state index contributed by atoms with van der Waals surface area (Å²) in [5, 5.41) is 3.54. The Balaban J connectivity index is 1.81. The average Bonchev–Trinajstić information content (AvgIpc) is 2.83. The third kappa shape index (κ3) is 3.19. The second-order valence-corrected chi connectivity index (χ2v) is 5.07. The molecule has 2 rings (SSSR count). The number of ether oxygens (including phenoxy) is 2. The third-order valence-electron chi connectivity index (χ3n) is 3.76. The SMILES string of the molecule is CCCNCC1CCCOC1C1CCOC1. The van der Waals surface area contributed by atoms with E-state index in [1.165, 1.54) is 25.7 Å². The fraction of sp³-hybridized carbons (Fsp3) is 1.00. The second-order valence-electron chi connectivity index (χ2n) is 5.07. The lowest BCUT2D eigenvalue weighted by Gasteiger charge is -2.35. The van der Waals surface area contributed by atoms with Crippen LogP contribution in [-0.4, -0.2) is 39.0 Å². The third-order valence-corrected chi connectivity index (χ3v) is 3.76. The molecule has 2 heterocycles. The minimum absolute atomic E-state index is 0.445. The van der Waals surface area contributed by atoms with E-state index in [1.54, 1.807) is 0 Å². The largest absolute Gasteiger partial charge is 0.381 e. The lowest BCUT2D eigenvalue weighted by atomic mass is 9.85. The summed E-state index contributed by atoms with van der Waals surface area (Å²) in [6, 6.07) is 0. The van der Waals surface area contributed by atoms with Crippen molar-refractivity contribution in [1.29, 1.82) is 0 Å². The van der Waals surface area contributed by atoms with E-state index in [-0.39, 0.29) is 0 Å². The molecule has 2 aliphatic heterocycles. The molecule has 94 valence electrons. The van der Waals surface area contributed by atoms with E-state index in [0.717, 1.165) is 32.9 Å². The fourth-order valence-electron chi connectivity index (χ4n) is 2.88. The van der Waals surface area contributed by atoms with Gasteiger partial charge in [0.05, 0.1) is 12.7 Å². The van der Waals surface area contributed by atoms with Crippen molar-refractivity contribution in [3.05, 3.63) is 0 Å². The predicted molar refractivity (Wildman–Crippen MR) is 64.6 cm³/mol. The molecule has 0 saturated carbocycles. The van der Waals surface area contributed by atoms with Crippen molar-refractivity contribution in [2.75, 3.05) is 32.9 Å². The summed E-state index contributed by atoms with van der Waals surface area (Å²) in [6.45, 7) is 7.26. The zero-order chi connectivity index (χ0) is 11.2. The number of hydrogen-bond acceptors (Lipinski definition) is 3. The molecular weight excluding hydrogens is 202 g/mol. The molecule has 3 unspecified atom stereocenters. The van der Waals surface area contributed by atoms with Gasteiger partial charge in [0.15, 0.2) is 0 Å². The van der Waals surface area contributed by atoms with Crippen molar-refractivity contribution in [1.82, 2.24) is 5.32 Å². The van der Waals surface area contributed by atoms with Gasteiger partial charge in [-0.3, -0.25) is 0 Å². The summed E-state index contributed by atoms with van der Waals surface area (Å²) in [4.78, 5) is 0. The van der Waals surface area contributed by atoms with Crippen molar-refractivity contribution in [3.8, 4) is 0 Å². The molecule has 0 aliphatic carbocycles. The molecule has 2 fully saturated rings. The summed E-state index contributed by atoms with van der Waals surface area (Å²) in [6.07, 6.45) is 5.39. The first-order valence-electron chi connectivity index (χ1n) is 6.82. The molecule has 0 aromatic carbocycles. The van der Waals surface area contributed by atoms with E-state index >= 15 is 0 Å². The van der Waals surface area contributed by atoms with Gasteiger partial charge in [-0.05, 0) is 38.1 Å². The van der Waals surface area contributed by atoms with Gasteiger partial charge in [0.2, 0.25) is 0 Å². The van der Waals surface area contributed by atoms with Crippen LogP contribution in [0.5, 0.6) is 0 Å². The molecule has 2 saturated heterocycles. The average molecular weight is 227 g/mol. The van der Waals surface area contributed by atoms with Crippen LogP contribution >= 0.6 is 0 Å². The van der Waals surface area contributed by atoms with Gasteiger partial charge in [-0.2, -0.15) is 0 Å². The highest BCUT2D eigenvalue weighted by atomic mass is 16.5. The molecule has 2 aliphatic rings. The lowest BCUT2D eigenvalue weighted by molar-refractivity contribution is -0.0606. The first-order valence-corrected chi connectivity index (χ1v) is 6.82. The van der Waals surface area contributed by atoms with Gasteiger partial charge in [0.1, 0.15) is 0 Å². The van der Waals surface area contributed by atoms with Gasteiger partial charge < -0.3 is 14.8 Å². The number of nitrogens with one attached hydrogen (secondary N) is 1. The van der Waals surface area contributed by atoms with E-state index in [2.05, 4.69) is 12.2 Å². The van der Waals surface area contributed by atoms with E-state index in [9.17, 15) is 0 Å². The number of rotatable bonds is 5. The van der Waals surface area contributed by atoms with Crippen molar-refractivity contribution in [2.45, 2.75) is 38.7 Å². The summed E-state index contributed by atoms with van der Waals surface area (Å²) in [5.74, 6) is 1.35. The molecule has 3 atom stereocenters. The van der Waals surface area contributed by atoms with Crippen LogP contribution in [0.3, 0.4) is 0 Å². The molecule has 0 spiro atoms. The summed E-state index contributed by atoms with van der Waals surface area (Å²) in [5.41, 5.74) is 0. The van der Waals surface area contributed by atoms with E-state index in [0.29, 0.717) is 17.9 Å². The molecule has 0 radical (unpaired) electrons. The van der Waals surface area contributed by atoms with Crippen LogP contribution in [0.4, 0.5) is 0 Å². The standard InChI is InChI=1S/C13H25NO2/c1-2-6-14-9-11-4-3-7-16-13(11)12-5-8-15-10-12/h11-14H,2-10H2,1H3. The van der Waals surface area contributed by atoms with Gasteiger partial charge in [-0.1, -0.05) is 6.92 Å². The fourth-order valence-corrected chi connectivity index (χ4v) is 2.88. The quantitative estimate of drug-likeness (QED) is 0.727. The first-order chi connectivity index (χ1) is 7.92. The molecule has 1 N–H and O–H groups in total. The van der Waals surface area contributed by atoms with E-state index in [1.807, 2.05) is 0 Å². The van der Waals surface area contributed by atoms with Crippen LogP contribution < -0.4 is 5.32 Å². The minimum Gasteiger partial charge on any atom is -0.381 e. The normalized spacial score (nSPS) is 35.4. The summed E-state index contributed by atoms with van der Waals surface area (Å²) in [7, 11) is 0. The monoisotopic (exact) mass is 227 g/mol. The van der Waals surface area contributed by atoms with Crippen LogP contribution in [0.15, 0.2) is 0 Å². The van der Waals surface area contributed by atoms with Crippen molar-refractivity contribution < 1.29 is 9.47 Å². The van der Waals surface area contributed by atoms with Crippen LogP contribution in [0.2, 0.25) is 0 Å². The molecule has 16 heavy (non-hydrogen) atoms. The molecular formula is C13H25NO2. The second kappa shape index (κ2) is 6.58. The van der Waals surface area contributed by atoms with Crippen LogP contribution in [0, 0.1) is 11.8 Å². The Morgan fingerprint density at radius 3 is 2.94 bits per heavy atom. The van der Waals surface area contributed by atoms with Crippen molar-refractivity contribution >= 4 is 0 Å². The van der Waals surface area contributed by atoms with E-state index < -0.39 is 0 Å². The maximum atomic E-state index is 5.99. The van der Waals surface area contributed by atoms with Crippen LogP contribution in [0.25, 0.3) is 0 Å². The lowest BCUT2D eigenvalue weighted by Crippen LogP contribution is -2.41. The van der Waals surface area contributed by atoms with Gasteiger partial charge in [0, 0.05) is 25.7 Å². The molecule has 3 nitrogen and oxygen atoms in total. The maximum absolute atomic E-state index is 5.99. The zero-order valence-corrected chi connectivity index (χ0v) is 10.4. The van der Waals surface area contributed by atoms with Gasteiger partial charge in [0.25, 0.3) is 0 Å². The Hall–Kier alpha value is -0.120. The van der Waals surface area contributed by atoms with E-state index in [4.69, 9.17) is 9.47 Å². The predicted octanol–water partition coefficient (Wildman–Crippen LogP) is 1.82. The van der Waals surface area contributed by atoms with Crippen molar-refractivity contribution in [3.63, 3.8) is 0 Å². The zero-order valence-electron chi connectivity index (χ0n) is 10.4. The summed E-state index contributed by atoms with van der Waals surface area (Å²) >= 11 is 0. The Bertz CT molecular complexity index is 192. The maximum Gasteiger partial charge on any atom is 0.0666 e. The Kier molecular flexibility index (Phi) is 5.07. The Morgan fingerprint density at radius 1 is 1.25 bits per heavy atom. The minimum atomic E-state index is 0.445.